The molecule has 2 heterocycles. The molecule has 0 spiro atoms. The molecule has 3 rings (SSSR count). The van der Waals surface area contributed by atoms with E-state index < -0.39 is 0 Å². The van der Waals surface area contributed by atoms with Crippen molar-refractivity contribution >= 4 is 11.6 Å². The fraction of sp³-hybridized carbons (Fsp3) is 0.533. The van der Waals surface area contributed by atoms with Gasteiger partial charge < -0.3 is 10.2 Å². The number of nitrogens with zero attached hydrogens (tertiary/aromatic N) is 1. The number of carbonyl (C=O) groups is 1. The highest BCUT2D eigenvalue weighted by atomic mass is 16.2. The Hall–Kier alpha value is -1.51. The Balaban J connectivity index is 1.73. The first-order chi connectivity index (χ1) is 8.65. The lowest BCUT2D eigenvalue weighted by Gasteiger charge is -2.25. The van der Waals surface area contributed by atoms with Crippen LogP contribution in [0.1, 0.15) is 25.8 Å². The lowest BCUT2D eigenvalue weighted by Crippen LogP contribution is -2.43. The van der Waals surface area contributed by atoms with Gasteiger partial charge in [-0.25, -0.2) is 0 Å². The van der Waals surface area contributed by atoms with Crippen molar-refractivity contribution in [3.05, 3.63) is 29.8 Å². The summed E-state index contributed by atoms with van der Waals surface area (Å²) in [5.41, 5.74) is 2.38. The minimum atomic E-state index is -0.0600. The summed E-state index contributed by atoms with van der Waals surface area (Å²) in [4.78, 5) is 14.6. The van der Waals surface area contributed by atoms with E-state index in [1.165, 1.54) is 5.56 Å². The van der Waals surface area contributed by atoms with Crippen LogP contribution in [0.3, 0.4) is 0 Å². The number of hydrogen-bond acceptors (Lipinski definition) is 2. The average Bonchev–Trinajstić information content (AvgIpc) is 2.91. The standard InChI is InChI=1S/C15H20N2O/c1-10-7-11(2)17(9-10)15(18)14-8-12-5-3-4-6-13(12)16-14/h3-6,10-11,14,16H,7-9H2,1-2H3. The molecular weight excluding hydrogens is 224 g/mol. The van der Waals surface area contributed by atoms with E-state index in [4.69, 9.17) is 0 Å². The molecule has 0 radical (unpaired) electrons. The van der Waals surface area contributed by atoms with E-state index in [0.29, 0.717) is 12.0 Å². The van der Waals surface area contributed by atoms with E-state index in [1.54, 1.807) is 0 Å². The summed E-state index contributed by atoms with van der Waals surface area (Å²) in [5.74, 6) is 0.899. The van der Waals surface area contributed by atoms with Gasteiger partial charge in [0.05, 0.1) is 0 Å². The topological polar surface area (TPSA) is 32.3 Å². The van der Waals surface area contributed by atoms with Crippen LogP contribution in [0.25, 0.3) is 0 Å². The zero-order valence-electron chi connectivity index (χ0n) is 11.0. The Kier molecular flexibility index (Phi) is 2.77. The number of amides is 1. The largest absolute Gasteiger partial charge is 0.373 e. The van der Waals surface area contributed by atoms with Crippen LogP contribution in [0.5, 0.6) is 0 Å². The third kappa shape index (κ3) is 1.88. The Morgan fingerprint density at radius 2 is 2.11 bits per heavy atom. The van der Waals surface area contributed by atoms with Crippen LogP contribution >= 0.6 is 0 Å². The van der Waals surface area contributed by atoms with Gasteiger partial charge in [-0.05, 0) is 30.9 Å². The molecule has 0 saturated carbocycles. The molecule has 18 heavy (non-hydrogen) atoms. The second-order valence-corrected chi connectivity index (χ2v) is 5.74. The summed E-state index contributed by atoms with van der Waals surface area (Å²) in [6.45, 7) is 5.29. The predicted molar refractivity (Wildman–Crippen MR) is 72.5 cm³/mol. The van der Waals surface area contributed by atoms with Gasteiger partial charge in [0, 0.05) is 24.7 Å². The number of anilines is 1. The van der Waals surface area contributed by atoms with Crippen molar-refractivity contribution in [1.29, 1.82) is 0 Å². The molecule has 1 amide bonds. The second kappa shape index (κ2) is 4.30. The molecule has 0 bridgehead atoms. The van der Waals surface area contributed by atoms with Crippen LogP contribution in [0.2, 0.25) is 0 Å². The average molecular weight is 244 g/mol. The molecular formula is C15H20N2O. The normalized spacial score (nSPS) is 30.1. The molecule has 96 valence electrons. The molecule has 1 saturated heterocycles. The Labute approximate surface area is 108 Å². The number of benzene rings is 1. The lowest BCUT2D eigenvalue weighted by molar-refractivity contribution is -0.132. The van der Waals surface area contributed by atoms with E-state index in [1.807, 2.05) is 17.0 Å². The third-order valence-corrected chi connectivity index (χ3v) is 4.14. The van der Waals surface area contributed by atoms with Gasteiger partial charge in [-0.3, -0.25) is 4.79 Å². The van der Waals surface area contributed by atoms with Gasteiger partial charge in [0.15, 0.2) is 0 Å². The van der Waals surface area contributed by atoms with Crippen molar-refractivity contribution in [2.45, 2.75) is 38.8 Å². The van der Waals surface area contributed by atoms with Crippen molar-refractivity contribution in [3.63, 3.8) is 0 Å². The first-order valence-electron chi connectivity index (χ1n) is 6.80. The van der Waals surface area contributed by atoms with Crippen LogP contribution in [-0.4, -0.2) is 29.4 Å². The minimum absolute atomic E-state index is 0.0600. The minimum Gasteiger partial charge on any atom is -0.373 e. The van der Waals surface area contributed by atoms with Crippen LogP contribution in [0.15, 0.2) is 24.3 Å². The van der Waals surface area contributed by atoms with E-state index in [9.17, 15) is 4.79 Å². The van der Waals surface area contributed by atoms with E-state index >= 15 is 0 Å². The van der Waals surface area contributed by atoms with E-state index in [2.05, 4.69) is 31.3 Å². The Morgan fingerprint density at radius 3 is 2.78 bits per heavy atom. The van der Waals surface area contributed by atoms with Crippen molar-refractivity contribution < 1.29 is 4.79 Å². The predicted octanol–water partition coefficient (Wildman–Crippen LogP) is 2.28. The van der Waals surface area contributed by atoms with Crippen LogP contribution in [0, 0.1) is 5.92 Å². The van der Waals surface area contributed by atoms with Gasteiger partial charge in [-0.1, -0.05) is 25.1 Å². The van der Waals surface area contributed by atoms with Crippen molar-refractivity contribution in [2.24, 2.45) is 5.92 Å². The molecule has 0 aromatic heterocycles. The molecule has 1 N–H and O–H groups in total. The number of carbonyl (C=O) groups excluding carboxylic acids is 1. The highest BCUT2D eigenvalue weighted by molar-refractivity contribution is 5.87. The molecule has 3 heteroatoms. The van der Waals surface area contributed by atoms with Crippen LogP contribution in [-0.2, 0) is 11.2 Å². The zero-order valence-corrected chi connectivity index (χ0v) is 11.0. The van der Waals surface area contributed by atoms with Gasteiger partial charge in [0.2, 0.25) is 5.91 Å². The quantitative estimate of drug-likeness (QED) is 0.822. The number of nitrogens with one attached hydrogen (secondary N) is 1. The summed E-state index contributed by atoms with van der Waals surface area (Å²) in [6.07, 6.45) is 1.96. The molecule has 0 aliphatic carbocycles. The van der Waals surface area contributed by atoms with E-state index in [-0.39, 0.29) is 11.9 Å². The molecule has 2 aliphatic rings. The second-order valence-electron chi connectivity index (χ2n) is 5.74. The first kappa shape index (κ1) is 11.6. The van der Waals surface area contributed by atoms with Crippen LogP contribution in [0.4, 0.5) is 5.69 Å². The maximum Gasteiger partial charge on any atom is 0.245 e. The fourth-order valence-electron chi connectivity index (χ4n) is 3.25. The van der Waals surface area contributed by atoms with Crippen molar-refractivity contribution in [2.75, 3.05) is 11.9 Å². The summed E-state index contributed by atoms with van der Waals surface area (Å²) >= 11 is 0. The van der Waals surface area contributed by atoms with Crippen molar-refractivity contribution in [3.8, 4) is 0 Å². The summed E-state index contributed by atoms with van der Waals surface area (Å²) < 4.78 is 0. The monoisotopic (exact) mass is 244 g/mol. The zero-order chi connectivity index (χ0) is 12.7. The van der Waals surface area contributed by atoms with E-state index in [0.717, 1.165) is 25.1 Å². The summed E-state index contributed by atoms with van der Waals surface area (Å²) in [7, 11) is 0. The Morgan fingerprint density at radius 1 is 1.33 bits per heavy atom. The SMILES string of the molecule is CC1CC(C)N(C(=O)C2Cc3ccccc3N2)C1. The highest BCUT2D eigenvalue weighted by Crippen LogP contribution is 2.29. The fourth-order valence-corrected chi connectivity index (χ4v) is 3.25. The molecule has 3 nitrogen and oxygen atoms in total. The number of likely N-dealkylation sites (tertiary alicyclic amines) is 1. The summed E-state index contributed by atoms with van der Waals surface area (Å²) in [5, 5.41) is 3.36. The lowest BCUT2D eigenvalue weighted by atomic mass is 10.1. The van der Waals surface area contributed by atoms with Crippen LogP contribution < -0.4 is 5.32 Å². The number of rotatable bonds is 1. The molecule has 3 atom stereocenters. The smallest absolute Gasteiger partial charge is 0.245 e. The highest BCUT2D eigenvalue weighted by Gasteiger charge is 2.36. The first-order valence-corrected chi connectivity index (χ1v) is 6.80. The number of hydrogen-bond donors (Lipinski definition) is 1. The molecule has 1 aromatic carbocycles. The van der Waals surface area contributed by atoms with Gasteiger partial charge in [-0.2, -0.15) is 0 Å². The van der Waals surface area contributed by atoms with Gasteiger partial charge in [0.25, 0.3) is 0 Å². The molecule has 2 aliphatic heterocycles. The van der Waals surface area contributed by atoms with Gasteiger partial charge in [0.1, 0.15) is 6.04 Å². The molecule has 1 fully saturated rings. The number of fused-ring (bicyclic) bond motifs is 1. The maximum atomic E-state index is 12.5. The summed E-state index contributed by atoms with van der Waals surface area (Å²) in [6, 6.07) is 8.53. The number of para-hydroxylation sites is 1. The van der Waals surface area contributed by atoms with Crippen molar-refractivity contribution in [1.82, 2.24) is 4.90 Å². The van der Waals surface area contributed by atoms with Gasteiger partial charge >= 0.3 is 0 Å². The molecule has 1 aromatic rings. The molecule has 3 unspecified atom stereocenters. The Bertz CT molecular complexity index is 446. The van der Waals surface area contributed by atoms with Gasteiger partial charge in [-0.15, -0.1) is 0 Å². The third-order valence-electron chi connectivity index (χ3n) is 4.14. The maximum absolute atomic E-state index is 12.5.